The second-order valence-electron chi connectivity index (χ2n) is 6.02. The first-order valence-electron chi connectivity index (χ1n) is 7.54. The van der Waals surface area contributed by atoms with E-state index in [-0.39, 0.29) is 5.91 Å². The lowest BCUT2D eigenvalue weighted by molar-refractivity contribution is 0.0749. The van der Waals surface area contributed by atoms with E-state index in [4.69, 9.17) is 0 Å². The summed E-state index contributed by atoms with van der Waals surface area (Å²) in [6.45, 7) is 3.98. The zero-order valence-electron chi connectivity index (χ0n) is 11.8. The van der Waals surface area contributed by atoms with Crippen molar-refractivity contribution in [3.8, 4) is 0 Å². The number of rotatable bonds is 1. The molecule has 3 heterocycles. The van der Waals surface area contributed by atoms with Crippen molar-refractivity contribution in [3.63, 3.8) is 0 Å². The van der Waals surface area contributed by atoms with Crippen molar-refractivity contribution in [2.24, 2.45) is 5.41 Å². The Morgan fingerprint density at radius 3 is 2.60 bits per heavy atom. The zero-order valence-corrected chi connectivity index (χ0v) is 11.8. The Labute approximate surface area is 119 Å². The molecule has 0 atom stereocenters. The molecule has 5 nitrogen and oxygen atoms in total. The van der Waals surface area contributed by atoms with Gasteiger partial charge < -0.3 is 10.2 Å². The van der Waals surface area contributed by atoms with Gasteiger partial charge in [0.2, 0.25) is 0 Å². The van der Waals surface area contributed by atoms with E-state index in [0.29, 0.717) is 11.0 Å². The van der Waals surface area contributed by atoms with Gasteiger partial charge in [-0.25, -0.2) is 9.97 Å². The fourth-order valence-corrected chi connectivity index (χ4v) is 3.51. The lowest BCUT2D eigenvalue weighted by Gasteiger charge is -2.37. The number of nitrogens with one attached hydrogen (secondary N) is 1. The van der Waals surface area contributed by atoms with E-state index in [2.05, 4.69) is 15.3 Å². The van der Waals surface area contributed by atoms with Gasteiger partial charge in [-0.05, 0) is 50.6 Å². The van der Waals surface area contributed by atoms with Gasteiger partial charge in [0.05, 0.1) is 5.56 Å². The molecule has 5 heteroatoms. The molecular formula is C15H22N4O. The summed E-state index contributed by atoms with van der Waals surface area (Å²) >= 11 is 0. The predicted octanol–water partition coefficient (Wildman–Crippen LogP) is 1.47. The molecule has 2 saturated heterocycles. The minimum absolute atomic E-state index is 0.0802. The average molecular weight is 274 g/mol. The first-order chi connectivity index (χ1) is 9.79. The number of aromatic nitrogens is 2. The molecule has 0 bridgehead atoms. The Morgan fingerprint density at radius 1 is 1.10 bits per heavy atom. The van der Waals surface area contributed by atoms with Gasteiger partial charge in [0, 0.05) is 25.5 Å². The number of piperidine rings is 1. The standard InChI is InChI=1S/C15H22N4O/c20-14(13-10-17-12-18-11-13)19-8-1-2-15(5-9-19)3-6-16-7-4-15/h10-12,16H,1-9H2. The van der Waals surface area contributed by atoms with E-state index in [1.54, 1.807) is 12.4 Å². The van der Waals surface area contributed by atoms with Crippen LogP contribution in [-0.4, -0.2) is 47.0 Å². The molecule has 108 valence electrons. The van der Waals surface area contributed by atoms with Gasteiger partial charge in [0.1, 0.15) is 6.33 Å². The third-order valence-electron chi connectivity index (χ3n) is 4.81. The smallest absolute Gasteiger partial charge is 0.256 e. The summed E-state index contributed by atoms with van der Waals surface area (Å²) in [5.74, 6) is 0.0802. The normalized spacial score (nSPS) is 22.5. The Hall–Kier alpha value is -1.49. The second kappa shape index (κ2) is 5.87. The van der Waals surface area contributed by atoms with Crippen molar-refractivity contribution < 1.29 is 4.79 Å². The first kappa shape index (κ1) is 13.5. The lowest BCUT2D eigenvalue weighted by Crippen LogP contribution is -2.38. The van der Waals surface area contributed by atoms with Gasteiger partial charge >= 0.3 is 0 Å². The predicted molar refractivity (Wildman–Crippen MR) is 76.3 cm³/mol. The second-order valence-corrected chi connectivity index (χ2v) is 6.02. The van der Waals surface area contributed by atoms with Crippen molar-refractivity contribution in [2.75, 3.05) is 26.2 Å². The van der Waals surface area contributed by atoms with E-state index in [9.17, 15) is 4.79 Å². The topological polar surface area (TPSA) is 58.1 Å². The van der Waals surface area contributed by atoms with E-state index in [1.807, 2.05) is 4.90 Å². The average Bonchev–Trinajstić information content (AvgIpc) is 2.71. The molecule has 2 fully saturated rings. The number of amides is 1. The quantitative estimate of drug-likeness (QED) is 0.842. The summed E-state index contributed by atoms with van der Waals surface area (Å²) in [6.07, 6.45) is 10.7. The lowest BCUT2D eigenvalue weighted by atomic mass is 9.73. The van der Waals surface area contributed by atoms with Crippen molar-refractivity contribution in [3.05, 3.63) is 24.3 Å². The van der Waals surface area contributed by atoms with Crippen LogP contribution in [0.1, 0.15) is 42.5 Å². The molecule has 0 unspecified atom stereocenters. The Morgan fingerprint density at radius 2 is 1.85 bits per heavy atom. The maximum Gasteiger partial charge on any atom is 0.256 e. The van der Waals surface area contributed by atoms with Crippen LogP contribution < -0.4 is 5.32 Å². The fraction of sp³-hybridized carbons (Fsp3) is 0.667. The van der Waals surface area contributed by atoms with Gasteiger partial charge in [0.15, 0.2) is 0 Å². The van der Waals surface area contributed by atoms with E-state index >= 15 is 0 Å². The van der Waals surface area contributed by atoms with Crippen LogP contribution in [0.4, 0.5) is 0 Å². The molecule has 1 spiro atoms. The number of hydrogen-bond donors (Lipinski definition) is 1. The minimum Gasteiger partial charge on any atom is -0.339 e. The summed E-state index contributed by atoms with van der Waals surface area (Å²) in [7, 11) is 0. The van der Waals surface area contributed by atoms with Gasteiger partial charge in [0.25, 0.3) is 5.91 Å². The molecule has 2 aliphatic heterocycles. The molecule has 1 aromatic rings. The maximum atomic E-state index is 12.5. The van der Waals surface area contributed by atoms with Crippen LogP contribution in [0.2, 0.25) is 0 Å². The molecule has 2 aliphatic rings. The zero-order chi connectivity index (χ0) is 13.8. The van der Waals surface area contributed by atoms with Crippen LogP contribution in [0.25, 0.3) is 0 Å². The van der Waals surface area contributed by atoms with Crippen LogP contribution >= 0.6 is 0 Å². The van der Waals surface area contributed by atoms with Crippen LogP contribution in [0, 0.1) is 5.41 Å². The Bertz CT molecular complexity index is 456. The van der Waals surface area contributed by atoms with Gasteiger partial charge in [-0.1, -0.05) is 0 Å². The molecule has 0 saturated carbocycles. The van der Waals surface area contributed by atoms with Crippen molar-refractivity contribution in [2.45, 2.75) is 32.1 Å². The van der Waals surface area contributed by atoms with E-state index in [0.717, 1.165) is 39.0 Å². The molecule has 3 rings (SSSR count). The minimum atomic E-state index is 0.0802. The highest BCUT2D eigenvalue weighted by Gasteiger charge is 2.34. The van der Waals surface area contributed by atoms with Crippen molar-refractivity contribution >= 4 is 5.91 Å². The van der Waals surface area contributed by atoms with Crippen molar-refractivity contribution in [1.82, 2.24) is 20.2 Å². The monoisotopic (exact) mass is 274 g/mol. The molecule has 1 aromatic heterocycles. The maximum absolute atomic E-state index is 12.5. The third-order valence-corrected chi connectivity index (χ3v) is 4.81. The number of hydrogen-bond acceptors (Lipinski definition) is 4. The molecule has 1 N–H and O–H groups in total. The Balaban J connectivity index is 1.66. The first-order valence-corrected chi connectivity index (χ1v) is 7.54. The molecule has 0 aromatic carbocycles. The summed E-state index contributed by atoms with van der Waals surface area (Å²) in [5, 5.41) is 3.44. The van der Waals surface area contributed by atoms with Gasteiger partial charge in [-0.2, -0.15) is 0 Å². The van der Waals surface area contributed by atoms with Crippen molar-refractivity contribution in [1.29, 1.82) is 0 Å². The highest BCUT2D eigenvalue weighted by molar-refractivity contribution is 5.93. The van der Waals surface area contributed by atoms with Crippen LogP contribution in [0.5, 0.6) is 0 Å². The summed E-state index contributed by atoms with van der Waals surface area (Å²) in [6, 6.07) is 0. The third kappa shape index (κ3) is 2.82. The van der Waals surface area contributed by atoms with Gasteiger partial charge in [-0.3, -0.25) is 4.79 Å². The van der Waals surface area contributed by atoms with Crippen LogP contribution in [0.3, 0.4) is 0 Å². The molecule has 20 heavy (non-hydrogen) atoms. The number of nitrogens with zero attached hydrogens (tertiary/aromatic N) is 3. The van der Waals surface area contributed by atoms with E-state index < -0.39 is 0 Å². The molecule has 0 radical (unpaired) electrons. The van der Waals surface area contributed by atoms with Crippen LogP contribution in [-0.2, 0) is 0 Å². The molecule has 1 amide bonds. The van der Waals surface area contributed by atoms with Crippen LogP contribution in [0.15, 0.2) is 18.7 Å². The molecule has 0 aliphatic carbocycles. The van der Waals surface area contributed by atoms with Gasteiger partial charge in [-0.15, -0.1) is 0 Å². The van der Waals surface area contributed by atoms with E-state index in [1.165, 1.54) is 25.6 Å². The highest BCUT2D eigenvalue weighted by Crippen LogP contribution is 2.39. The fourth-order valence-electron chi connectivity index (χ4n) is 3.51. The Kier molecular flexibility index (Phi) is 3.96. The molecular weight excluding hydrogens is 252 g/mol. The number of likely N-dealkylation sites (tertiary alicyclic amines) is 1. The highest BCUT2D eigenvalue weighted by atomic mass is 16.2. The SMILES string of the molecule is O=C(c1cncnc1)N1CCCC2(CCNCC2)CC1. The summed E-state index contributed by atoms with van der Waals surface area (Å²) < 4.78 is 0. The number of carbonyl (C=O) groups is 1. The summed E-state index contributed by atoms with van der Waals surface area (Å²) in [5.41, 5.74) is 1.07. The summed E-state index contributed by atoms with van der Waals surface area (Å²) in [4.78, 5) is 22.3. The number of carbonyl (C=O) groups excluding carboxylic acids is 1. The largest absolute Gasteiger partial charge is 0.339 e.